The van der Waals surface area contributed by atoms with E-state index in [9.17, 15) is 0 Å². The molecule has 0 N–H and O–H groups in total. The molecule has 104 valence electrons. The third-order valence-corrected chi connectivity index (χ3v) is 3.77. The predicted octanol–water partition coefficient (Wildman–Crippen LogP) is 5.95. The van der Waals surface area contributed by atoms with Crippen molar-refractivity contribution in [2.75, 3.05) is 0 Å². The monoisotopic (exact) mass is 264 g/mol. The molecule has 0 saturated carbocycles. The minimum atomic E-state index is -1.17. The fourth-order valence-electron chi connectivity index (χ4n) is 1.80. The van der Waals surface area contributed by atoms with E-state index in [1.165, 1.54) is 57.8 Å². The quantitative estimate of drug-likeness (QED) is 0.274. The first-order chi connectivity index (χ1) is 8.56. The highest BCUT2D eigenvalue weighted by atomic mass is 28.3. The van der Waals surface area contributed by atoms with Crippen LogP contribution in [0.2, 0.25) is 19.6 Å². The Balaban J connectivity index is 3.29. The minimum Gasteiger partial charge on any atom is -0.127 e. The van der Waals surface area contributed by atoms with Crippen molar-refractivity contribution in [3.05, 3.63) is 12.2 Å². The number of hydrogen-bond donors (Lipinski definition) is 0. The molecule has 0 rings (SSSR count). The lowest BCUT2D eigenvalue weighted by Crippen LogP contribution is -2.16. The maximum absolute atomic E-state index is 3.35. The van der Waals surface area contributed by atoms with Crippen molar-refractivity contribution >= 4 is 8.07 Å². The Bertz CT molecular complexity index is 260. The fraction of sp³-hybridized carbons (Fsp3) is 0.765. The molecule has 0 amide bonds. The van der Waals surface area contributed by atoms with Crippen molar-refractivity contribution in [2.45, 2.75) is 84.4 Å². The largest absolute Gasteiger partial charge is 0.129 e. The summed E-state index contributed by atoms with van der Waals surface area (Å²) in [5, 5.41) is 0. The van der Waals surface area contributed by atoms with Gasteiger partial charge in [0, 0.05) is 0 Å². The first kappa shape index (κ1) is 17.5. The second-order valence-corrected chi connectivity index (χ2v) is 10.9. The molecule has 0 bridgehead atoms. The Morgan fingerprint density at radius 1 is 0.833 bits per heavy atom. The predicted molar refractivity (Wildman–Crippen MR) is 87.5 cm³/mol. The number of unbranched alkanes of at least 4 members (excludes halogenated alkanes) is 8. The summed E-state index contributed by atoms with van der Waals surface area (Å²) in [6.45, 7) is 9.13. The van der Waals surface area contributed by atoms with Gasteiger partial charge < -0.3 is 0 Å². The lowest BCUT2D eigenvalue weighted by atomic mass is 10.1. The van der Waals surface area contributed by atoms with Crippen molar-refractivity contribution in [1.82, 2.24) is 0 Å². The molecule has 0 aromatic heterocycles. The molecule has 0 aromatic rings. The molecule has 0 fully saturated rings. The standard InChI is InChI=1S/C17H32Si/c1-5-6-7-8-9-10-11-12-13-14-15-16-17-18(2,3)4/h14-15H,5-13H2,1-4H3/b15-14-. The Morgan fingerprint density at radius 3 is 1.94 bits per heavy atom. The van der Waals surface area contributed by atoms with E-state index in [2.05, 4.69) is 50.2 Å². The van der Waals surface area contributed by atoms with Crippen molar-refractivity contribution in [1.29, 1.82) is 0 Å². The van der Waals surface area contributed by atoms with Crippen LogP contribution in [0, 0.1) is 11.5 Å². The van der Waals surface area contributed by atoms with Crippen LogP contribution in [0.5, 0.6) is 0 Å². The van der Waals surface area contributed by atoms with E-state index in [0.29, 0.717) is 0 Å². The smallest absolute Gasteiger partial charge is 0.127 e. The summed E-state index contributed by atoms with van der Waals surface area (Å²) in [5.41, 5.74) is 3.35. The van der Waals surface area contributed by atoms with Crippen LogP contribution in [0.15, 0.2) is 12.2 Å². The van der Waals surface area contributed by atoms with Gasteiger partial charge in [0.05, 0.1) is 0 Å². The molecule has 0 aliphatic carbocycles. The zero-order valence-electron chi connectivity index (χ0n) is 13.0. The molecule has 0 spiro atoms. The van der Waals surface area contributed by atoms with Gasteiger partial charge >= 0.3 is 0 Å². The van der Waals surface area contributed by atoms with Crippen LogP contribution in [0.25, 0.3) is 0 Å². The van der Waals surface area contributed by atoms with Gasteiger partial charge in [0.25, 0.3) is 0 Å². The zero-order valence-corrected chi connectivity index (χ0v) is 14.0. The van der Waals surface area contributed by atoms with Gasteiger partial charge in [-0.15, -0.1) is 5.54 Å². The highest BCUT2D eigenvalue weighted by molar-refractivity contribution is 6.83. The second-order valence-electron chi connectivity index (χ2n) is 6.19. The Morgan fingerprint density at radius 2 is 1.39 bits per heavy atom. The van der Waals surface area contributed by atoms with E-state index < -0.39 is 8.07 Å². The minimum absolute atomic E-state index is 1.17. The lowest BCUT2D eigenvalue weighted by Gasteiger charge is -2.02. The summed E-state index contributed by atoms with van der Waals surface area (Å²) in [4.78, 5) is 0. The molecule has 1 heteroatoms. The number of allylic oxidation sites excluding steroid dienone is 2. The van der Waals surface area contributed by atoms with Crippen molar-refractivity contribution < 1.29 is 0 Å². The normalized spacial score (nSPS) is 11.6. The molecule has 0 aromatic carbocycles. The number of hydrogen-bond acceptors (Lipinski definition) is 0. The van der Waals surface area contributed by atoms with E-state index in [1.807, 2.05) is 0 Å². The van der Waals surface area contributed by atoms with E-state index in [4.69, 9.17) is 0 Å². The van der Waals surface area contributed by atoms with Crippen LogP contribution in [0.3, 0.4) is 0 Å². The van der Waals surface area contributed by atoms with Gasteiger partial charge in [-0.1, -0.05) is 83.5 Å². The van der Waals surface area contributed by atoms with E-state index in [0.717, 1.165) is 0 Å². The molecule has 0 atom stereocenters. The van der Waals surface area contributed by atoms with Crippen LogP contribution >= 0.6 is 0 Å². The maximum Gasteiger partial charge on any atom is 0.129 e. The number of rotatable bonds is 9. The summed E-state index contributed by atoms with van der Waals surface area (Å²) in [5.74, 6) is 3.18. The van der Waals surface area contributed by atoms with Gasteiger partial charge in [-0.3, -0.25) is 0 Å². The van der Waals surface area contributed by atoms with Crippen LogP contribution < -0.4 is 0 Å². The topological polar surface area (TPSA) is 0 Å². The summed E-state index contributed by atoms with van der Waals surface area (Å²) in [6.07, 6.45) is 16.7. The molecule has 0 aliphatic heterocycles. The highest BCUT2D eigenvalue weighted by Crippen LogP contribution is 2.09. The molecule has 0 unspecified atom stereocenters. The molecular formula is C17H32Si. The lowest BCUT2D eigenvalue weighted by molar-refractivity contribution is 0.577. The van der Waals surface area contributed by atoms with E-state index in [1.54, 1.807) is 0 Å². The van der Waals surface area contributed by atoms with E-state index in [-0.39, 0.29) is 0 Å². The van der Waals surface area contributed by atoms with Crippen molar-refractivity contribution in [3.63, 3.8) is 0 Å². The van der Waals surface area contributed by atoms with Gasteiger partial charge in [0.2, 0.25) is 0 Å². The van der Waals surface area contributed by atoms with Crippen LogP contribution in [-0.4, -0.2) is 8.07 Å². The summed E-state index contributed by atoms with van der Waals surface area (Å²) in [7, 11) is -1.17. The molecule has 0 saturated heterocycles. The first-order valence-corrected chi connectivity index (χ1v) is 11.2. The van der Waals surface area contributed by atoms with Gasteiger partial charge in [-0.2, -0.15) is 0 Å². The Labute approximate surface area is 116 Å². The molecule has 0 heterocycles. The fourth-order valence-corrected chi connectivity index (χ4v) is 2.31. The van der Waals surface area contributed by atoms with Gasteiger partial charge in [0.15, 0.2) is 0 Å². The SMILES string of the molecule is CCCCCCCCCC/C=C\C#C[Si](C)(C)C. The van der Waals surface area contributed by atoms with Crippen molar-refractivity contribution in [3.8, 4) is 11.5 Å². The van der Waals surface area contributed by atoms with Gasteiger partial charge in [-0.25, -0.2) is 0 Å². The Hall–Kier alpha value is -0.483. The third-order valence-electron chi connectivity index (χ3n) is 2.87. The van der Waals surface area contributed by atoms with E-state index >= 15 is 0 Å². The zero-order chi connectivity index (χ0) is 13.7. The summed E-state index contributed by atoms with van der Waals surface area (Å²) in [6, 6.07) is 0. The average molecular weight is 265 g/mol. The average Bonchev–Trinajstić information content (AvgIpc) is 2.29. The Kier molecular flexibility index (Phi) is 11.3. The summed E-state index contributed by atoms with van der Waals surface area (Å²) >= 11 is 0. The van der Waals surface area contributed by atoms with Gasteiger partial charge in [-0.05, 0) is 18.9 Å². The van der Waals surface area contributed by atoms with Gasteiger partial charge in [0.1, 0.15) is 8.07 Å². The van der Waals surface area contributed by atoms with Crippen LogP contribution in [0.1, 0.15) is 64.7 Å². The highest BCUT2D eigenvalue weighted by Gasteiger charge is 2.06. The second kappa shape index (κ2) is 11.6. The molecule has 18 heavy (non-hydrogen) atoms. The molecule has 0 aliphatic rings. The first-order valence-electron chi connectivity index (χ1n) is 7.74. The van der Waals surface area contributed by atoms with Crippen molar-refractivity contribution in [2.24, 2.45) is 0 Å². The molecular weight excluding hydrogens is 232 g/mol. The van der Waals surface area contributed by atoms with Crippen LogP contribution in [0.4, 0.5) is 0 Å². The van der Waals surface area contributed by atoms with Crippen LogP contribution in [-0.2, 0) is 0 Å². The molecule has 0 radical (unpaired) electrons. The molecule has 0 nitrogen and oxygen atoms in total. The third kappa shape index (κ3) is 15.5. The summed E-state index contributed by atoms with van der Waals surface area (Å²) < 4.78 is 0. The maximum atomic E-state index is 3.35.